The fourth-order valence-electron chi connectivity index (χ4n) is 3.82. The van der Waals surface area contributed by atoms with Gasteiger partial charge in [-0.2, -0.15) is 0 Å². The lowest BCUT2D eigenvalue weighted by Crippen LogP contribution is -2.65. The summed E-state index contributed by atoms with van der Waals surface area (Å²) in [6, 6.07) is 1.15. The van der Waals surface area contributed by atoms with Gasteiger partial charge in [-0.1, -0.05) is 0 Å². The van der Waals surface area contributed by atoms with Crippen LogP contribution in [0.15, 0.2) is 0 Å². The van der Waals surface area contributed by atoms with E-state index in [1.807, 2.05) is 0 Å². The second-order valence-corrected chi connectivity index (χ2v) is 7.30. The molecule has 0 aromatic heterocycles. The largest absolute Gasteiger partial charge is 0.383 e. The molecule has 0 bridgehead atoms. The highest BCUT2D eigenvalue weighted by atomic mass is 16.5. The molecule has 2 rings (SSSR count). The van der Waals surface area contributed by atoms with Crippen molar-refractivity contribution < 1.29 is 14.2 Å². The zero-order chi connectivity index (χ0) is 18.1. The van der Waals surface area contributed by atoms with Crippen molar-refractivity contribution in [2.24, 2.45) is 0 Å². The number of nitrogens with zero attached hydrogens (tertiary/aromatic N) is 4. The Kier molecular flexibility index (Phi) is 9.62. The second-order valence-electron chi connectivity index (χ2n) is 7.30. The van der Waals surface area contributed by atoms with Gasteiger partial charge in [0.05, 0.1) is 26.4 Å². The predicted molar refractivity (Wildman–Crippen MR) is 100 cm³/mol. The first kappa shape index (κ1) is 21.0. The average Bonchev–Trinajstić information content (AvgIpc) is 2.62. The average molecular weight is 359 g/mol. The van der Waals surface area contributed by atoms with E-state index in [4.69, 9.17) is 14.2 Å². The van der Waals surface area contributed by atoms with E-state index in [9.17, 15) is 0 Å². The fourth-order valence-corrected chi connectivity index (χ4v) is 3.82. The van der Waals surface area contributed by atoms with E-state index in [0.29, 0.717) is 25.3 Å². The van der Waals surface area contributed by atoms with Gasteiger partial charge in [-0.05, 0) is 14.1 Å². The zero-order valence-corrected chi connectivity index (χ0v) is 16.7. The Morgan fingerprint density at radius 3 is 1.72 bits per heavy atom. The molecular formula is C18H38N4O3. The third kappa shape index (κ3) is 6.75. The van der Waals surface area contributed by atoms with Crippen LogP contribution in [-0.2, 0) is 14.2 Å². The molecule has 2 aliphatic rings. The maximum atomic E-state index is 5.65. The minimum atomic E-state index is 0.572. The van der Waals surface area contributed by atoms with Crippen LogP contribution in [0.1, 0.15) is 0 Å². The highest BCUT2D eigenvalue weighted by Crippen LogP contribution is 2.19. The number of likely N-dealkylation sites (N-methyl/N-ethyl adjacent to an activating group) is 2. The van der Waals surface area contributed by atoms with Crippen molar-refractivity contribution in [2.75, 3.05) is 107 Å². The summed E-state index contributed by atoms with van der Waals surface area (Å²) >= 11 is 0. The van der Waals surface area contributed by atoms with Crippen LogP contribution in [0.4, 0.5) is 0 Å². The van der Waals surface area contributed by atoms with Crippen molar-refractivity contribution in [2.45, 2.75) is 12.1 Å². The van der Waals surface area contributed by atoms with Crippen LogP contribution in [0, 0.1) is 0 Å². The van der Waals surface area contributed by atoms with Crippen molar-refractivity contribution in [3.63, 3.8) is 0 Å². The molecule has 2 unspecified atom stereocenters. The Morgan fingerprint density at radius 2 is 1.20 bits per heavy atom. The standard InChI is InChI=1S/C18H38N4O3/c1-19-5-7-21(9-11-23-3)15-17(19)18-16-22(8-6-20(18)2)10-12-25-14-13-24-4/h17-18H,5-16H2,1-4H3. The van der Waals surface area contributed by atoms with Gasteiger partial charge in [0.2, 0.25) is 0 Å². The molecule has 2 heterocycles. The molecule has 2 saturated heterocycles. The summed E-state index contributed by atoms with van der Waals surface area (Å²) in [4.78, 5) is 10.2. The number of methoxy groups -OCH3 is 2. The van der Waals surface area contributed by atoms with Crippen LogP contribution < -0.4 is 0 Å². The first-order valence-electron chi connectivity index (χ1n) is 9.56. The van der Waals surface area contributed by atoms with Gasteiger partial charge in [0.1, 0.15) is 0 Å². The normalized spacial score (nSPS) is 27.8. The molecule has 2 atom stereocenters. The van der Waals surface area contributed by atoms with Gasteiger partial charge >= 0.3 is 0 Å². The van der Waals surface area contributed by atoms with Crippen molar-refractivity contribution in [3.05, 3.63) is 0 Å². The number of piperazine rings is 2. The maximum Gasteiger partial charge on any atom is 0.0700 e. The van der Waals surface area contributed by atoms with Gasteiger partial charge in [0, 0.05) is 78.7 Å². The lowest BCUT2D eigenvalue weighted by Gasteiger charge is -2.49. The third-order valence-corrected chi connectivity index (χ3v) is 5.60. The van der Waals surface area contributed by atoms with Gasteiger partial charge in [-0.15, -0.1) is 0 Å². The highest BCUT2D eigenvalue weighted by Gasteiger charge is 2.36. The van der Waals surface area contributed by atoms with E-state index in [0.717, 1.165) is 65.6 Å². The van der Waals surface area contributed by atoms with Gasteiger partial charge in [-0.25, -0.2) is 0 Å². The fraction of sp³-hybridized carbons (Fsp3) is 1.00. The SMILES string of the molecule is COCCOCCN1CCN(C)C(C2CN(CCOC)CCN2C)C1. The van der Waals surface area contributed by atoms with Crippen molar-refractivity contribution in [1.29, 1.82) is 0 Å². The first-order valence-corrected chi connectivity index (χ1v) is 9.56. The smallest absolute Gasteiger partial charge is 0.0700 e. The molecule has 25 heavy (non-hydrogen) atoms. The number of hydrogen-bond donors (Lipinski definition) is 0. The Bertz CT molecular complexity index is 359. The Labute approximate surface area is 153 Å². The summed E-state index contributed by atoms with van der Waals surface area (Å²) in [7, 11) is 8.05. The zero-order valence-electron chi connectivity index (χ0n) is 16.7. The summed E-state index contributed by atoms with van der Waals surface area (Å²) < 4.78 is 15.9. The topological polar surface area (TPSA) is 40.7 Å². The molecule has 148 valence electrons. The highest BCUT2D eigenvalue weighted by molar-refractivity contribution is 4.94. The van der Waals surface area contributed by atoms with Crippen molar-refractivity contribution in [1.82, 2.24) is 19.6 Å². The van der Waals surface area contributed by atoms with E-state index in [1.54, 1.807) is 14.2 Å². The molecule has 0 aromatic carbocycles. The molecule has 0 aliphatic carbocycles. The van der Waals surface area contributed by atoms with Crippen LogP contribution in [0.3, 0.4) is 0 Å². The summed E-state index contributed by atoms with van der Waals surface area (Å²) in [5.41, 5.74) is 0. The van der Waals surface area contributed by atoms with Crippen molar-refractivity contribution >= 4 is 0 Å². The second kappa shape index (κ2) is 11.4. The maximum absolute atomic E-state index is 5.65. The first-order chi connectivity index (χ1) is 12.2. The molecule has 0 radical (unpaired) electrons. The number of rotatable bonds is 10. The Hall–Kier alpha value is -0.280. The number of ether oxygens (including phenoxy) is 3. The lowest BCUT2D eigenvalue weighted by atomic mass is 9.99. The summed E-state index contributed by atoms with van der Waals surface area (Å²) in [5, 5.41) is 0. The van der Waals surface area contributed by atoms with Crippen LogP contribution >= 0.6 is 0 Å². The monoisotopic (exact) mass is 358 g/mol. The Morgan fingerprint density at radius 1 is 0.680 bits per heavy atom. The molecule has 0 aromatic rings. The quantitative estimate of drug-likeness (QED) is 0.489. The molecule has 2 fully saturated rings. The van der Waals surface area contributed by atoms with Crippen LogP contribution in [-0.4, -0.2) is 139 Å². The van der Waals surface area contributed by atoms with E-state index in [2.05, 4.69) is 33.7 Å². The molecule has 7 nitrogen and oxygen atoms in total. The molecule has 0 saturated carbocycles. The van der Waals surface area contributed by atoms with E-state index >= 15 is 0 Å². The van der Waals surface area contributed by atoms with Crippen LogP contribution in [0.25, 0.3) is 0 Å². The Balaban J connectivity index is 1.82. The third-order valence-electron chi connectivity index (χ3n) is 5.60. The lowest BCUT2D eigenvalue weighted by molar-refractivity contribution is -0.0138. The summed E-state index contributed by atoms with van der Waals surface area (Å²) in [6.45, 7) is 11.8. The van der Waals surface area contributed by atoms with Gasteiger partial charge < -0.3 is 14.2 Å². The van der Waals surface area contributed by atoms with E-state index in [1.165, 1.54) is 0 Å². The summed E-state index contributed by atoms with van der Waals surface area (Å²) in [6.07, 6.45) is 0. The molecule has 7 heteroatoms. The van der Waals surface area contributed by atoms with E-state index in [-0.39, 0.29) is 0 Å². The van der Waals surface area contributed by atoms with E-state index < -0.39 is 0 Å². The molecule has 0 N–H and O–H groups in total. The molecule has 0 amide bonds. The van der Waals surface area contributed by atoms with Crippen LogP contribution in [0.5, 0.6) is 0 Å². The molecule has 2 aliphatic heterocycles. The van der Waals surface area contributed by atoms with Gasteiger partial charge in [-0.3, -0.25) is 19.6 Å². The number of hydrogen-bond acceptors (Lipinski definition) is 7. The summed E-state index contributed by atoms with van der Waals surface area (Å²) in [5.74, 6) is 0. The van der Waals surface area contributed by atoms with Crippen molar-refractivity contribution in [3.8, 4) is 0 Å². The van der Waals surface area contributed by atoms with Gasteiger partial charge in [0.25, 0.3) is 0 Å². The van der Waals surface area contributed by atoms with Crippen LogP contribution in [0.2, 0.25) is 0 Å². The van der Waals surface area contributed by atoms with Gasteiger partial charge in [0.15, 0.2) is 0 Å². The molecule has 0 spiro atoms. The predicted octanol–water partition coefficient (Wildman–Crippen LogP) is -0.472. The minimum absolute atomic E-state index is 0.572. The minimum Gasteiger partial charge on any atom is -0.383 e. The molecular weight excluding hydrogens is 320 g/mol.